The molecule has 0 aliphatic rings. The van der Waals surface area contributed by atoms with Crippen LogP contribution in [0, 0.1) is 0 Å². The molecular weight excluding hydrogens is 148 g/mol. The molecule has 2 N–H and O–H groups in total. The summed E-state index contributed by atoms with van der Waals surface area (Å²) in [6, 6.07) is 0. The SMILES string of the molecule is O=S(=O)(C=NO)C=NO. The Kier molecular flexibility index (Phi) is 2.65. The Morgan fingerprint density at radius 2 is 1.44 bits per heavy atom. The van der Waals surface area contributed by atoms with Crippen LogP contribution in [0.4, 0.5) is 0 Å². The van der Waals surface area contributed by atoms with Crippen LogP contribution in [0.5, 0.6) is 0 Å². The third-order valence-electron chi connectivity index (χ3n) is 0.388. The molecular formula is C2H4N2O4S. The molecule has 0 saturated carbocycles. The molecule has 52 valence electrons. The molecule has 0 radical (unpaired) electrons. The molecule has 0 amide bonds. The van der Waals surface area contributed by atoms with Crippen molar-refractivity contribution in [3.05, 3.63) is 0 Å². The molecule has 0 heterocycles. The summed E-state index contributed by atoms with van der Waals surface area (Å²) in [5, 5.41) is 19.8. The van der Waals surface area contributed by atoms with E-state index in [0.29, 0.717) is 0 Å². The van der Waals surface area contributed by atoms with Crippen LogP contribution in [0.2, 0.25) is 0 Å². The monoisotopic (exact) mass is 152 g/mol. The van der Waals surface area contributed by atoms with Crippen molar-refractivity contribution in [3.63, 3.8) is 0 Å². The molecule has 0 spiro atoms. The highest BCUT2D eigenvalue weighted by Gasteiger charge is 2.00. The molecule has 0 aromatic carbocycles. The summed E-state index contributed by atoms with van der Waals surface area (Å²) in [7, 11) is -3.77. The van der Waals surface area contributed by atoms with Crippen molar-refractivity contribution in [2.45, 2.75) is 0 Å². The van der Waals surface area contributed by atoms with Crippen molar-refractivity contribution in [2.24, 2.45) is 10.3 Å². The Bertz CT molecular complexity index is 197. The van der Waals surface area contributed by atoms with Crippen LogP contribution in [0.3, 0.4) is 0 Å². The first-order valence-corrected chi connectivity index (χ1v) is 3.33. The quantitative estimate of drug-likeness (QED) is 0.235. The zero-order chi connectivity index (χ0) is 7.33. The van der Waals surface area contributed by atoms with Crippen LogP contribution in [0.15, 0.2) is 10.3 Å². The van der Waals surface area contributed by atoms with Gasteiger partial charge in [0.05, 0.1) is 0 Å². The number of hydrogen-bond acceptors (Lipinski definition) is 6. The summed E-state index contributed by atoms with van der Waals surface area (Å²) in [4.78, 5) is 0. The highest BCUT2D eigenvalue weighted by molar-refractivity contribution is 8.16. The molecule has 0 bridgehead atoms. The minimum Gasteiger partial charge on any atom is -0.410 e. The summed E-state index contributed by atoms with van der Waals surface area (Å²) in [6.07, 6.45) is 0. The van der Waals surface area contributed by atoms with Gasteiger partial charge in [-0.15, -0.1) is 0 Å². The first kappa shape index (κ1) is 7.89. The maximum Gasteiger partial charge on any atom is 0.233 e. The first-order chi connectivity index (χ1) is 4.12. The number of nitrogens with zero attached hydrogens (tertiary/aromatic N) is 2. The van der Waals surface area contributed by atoms with Crippen LogP contribution in [0.1, 0.15) is 0 Å². The van der Waals surface area contributed by atoms with Gasteiger partial charge in [-0.25, -0.2) is 8.42 Å². The largest absolute Gasteiger partial charge is 0.410 e. The van der Waals surface area contributed by atoms with Gasteiger partial charge in [0.25, 0.3) is 0 Å². The Labute approximate surface area is 51.0 Å². The Hall–Kier alpha value is -1.11. The van der Waals surface area contributed by atoms with Crippen molar-refractivity contribution < 1.29 is 18.8 Å². The normalized spacial score (nSPS) is 13.3. The third kappa shape index (κ3) is 3.47. The van der Waals surface area contributed by atoms with E-state index in [0.717, 1.165) is 0 Å². The highest BCUT2D eigenvalue weighted by Crippen LogP contribution is 1.76. The van der Waals surface area contributed by atoms with Crippen LogP contribution < -0.4 is 0 Å². The molecule has 9 heavy (non-hydrogen) atoms. The second-order valence-electron chi connectivity index (χ2n) is 1.03. The lowest BCUT2D eigenvalue weighted by Gasteiger charge is -1.79. The summed E-state index contributed by atoms with van der Waals surface area (Å²) in [5.41, 5.74) is 0.486. The lowest BCUT2D eigenvalue weighted by Crippen LogP contribution is -2.01. The summed E-state index contributed by atoms with van der Waals surface area (Å²) >= 11 is 0. The fourth-order valence-corrected chi connectivity index (χ4v) is 0.476. The second-order valence-corrected chi connectivity index (χ2v) is 2.63. The maximum absolute atomic E-state index is 10.2. The second kappa shape index (κ2) is 3.02. The van der Waals surface area contributed by atoms with Gasteiger partial charge in [0.2, 0.25) is 9.84 Å². The number of hydrogen-bond donors (Lipinski definition) is 2. The van der Waals surface area contributed by atoms with E-state index in [2.05, 4.69) is 10.3 Å². The molecule has 0 rings (SSSR count). The van der Waals surface area contributed by atoms with E-state index in [1.807, 2.05) is 0 Å². The molecule has 0 fully saturated rings. The van der Waals surface area contributed by atoms with Crippen molar-refractivity contribution in [1.29, 1.82) is 0 Å². The first-order valence-electron chi connectivity index (χ1n) is 1.72. The van der Waals surface area contributed by atoms with Gasteiger partial charge in [-0.1, -0.05) is 10.3 Å². The zero-order valence-corrected chi connectivity index (χ0v) is 4.98. The van der Waals surface area contributed by atoms with Crippen molar-refractivity contribution in [2.75, 3.05) is 0 Å². The summed E-state index contributed by atoms with van der Waals surface area (Å²) in [6.45, 7) is 0. The van der Waals surface area contributed by atoms with E-state index in [-0.39, 0.29) is 11.1 Å². The lowest BCUT2D eigenvalue weighted by molar-refractivity contribution is 0.322. The summed E-state index contributed by atoms with van der Waals surface area (Å²) in [5.74, 6) is 0. The lowest BCUT2D eigenvalue weighted by atomic mass is 11.7. The van der Waals surface area contributed by atoms with Gasteiger partial charge in [-0.05, 0) is 0 Å². The molecule has 6 nitrogen and oxygen atoms in total. The van der Waals surface area contributed by atoms with Gasteiger partial charge in [0.15, 0.2) is 11.1 Å². The fraction of sp³-hybridized carbons (Fsp3) is 0. The van der Waals surface area contributed by atoms with E-state index in [4.69, 9.17) is 10.4 Å². The van der Waals surface area contributed by atoms with Crippen LogP contribution in [-0.4, -0.2) is 29.9 Å². The van der Waals surface area contributed by atoms with Crippen molar-refractivity contribution >= 4 is 20.9 Å². The Morgan fingerprint density at radius 1 is 1.11 bits per heavy atom. The third-order valence-corrected chi connectivity index (χ3v) is 1.16. The number of oxime groups is 2. The molecule has 0 aromatic heterocycles. The van der Waals surface area contributed by atoms with E-state index in [1.165, 1.54) is 0 Å². The summed E-state index contributed by atoms with van der Waals surface area (Å²) < 4.78 is 20.4. The van der Waals surface area contributed by atoms with Gasteiger partial charge in [0.1, 0.15) is 0 Å². The van der Waals surface area contributed by atoms with Gasteiger partial charge in [0, 0.05) is 0 Å². The fourth-order valence-electron chi connectivity index (χ4n) is 0.159. The number of sulfone groups is 1. The van der Waals surface area contributed by atoms with Crippen LogP contribution in [-0.2, 0) is 9.84 Å². The smallest absolute Gasteiger partial charge is 0.233 e. The van der Waals surface area contributed by atoms with Crippen LogP contribution in [0.25, 0.3) is 0 Å². The topological polar surface area (TPSA) is 99.3 Å². The minimum absolute atomic E-state index is 0.243. The standard InChI is InChI=1S/C2H4N2O4S/c5-3-1-9(7,8)2-4-6/h1-2,5-6H. The van der Waals surface area contributed by atoms with Gasteiger partial charge < -0.3 is 10.4 Å². The average molecular weight is 152 g/mol. The Balaban J connectivity index is 4.42. The Morgan fingerprint density at radius 3 is 1.67 bits per heavy atom. The van der Waals surface area contributed by atoms with E-state index in [1.54, 1.807) is 0 Å². The van der Waals surface area contributed by atoms with E-state index < -0.39 is 9.84 Å². The zero-order valence-electron chi connectivity index (χ0n) is 4.17. The van der Waals surface area contributed by atoms with Gasteiger partial charge in [-0.3, -0.25) is 0 Å². The molecule has 7 heteroatoms. The molecule has 0 aromatic rings. The van der Waals surface area contributed by atoms with E-state index >= 15 is 0 Å². The van der Waals surface area contributed by atoms with Crippen LogP contribution >= 0.6 is 0 Å². The minimum atomic E-state index is -3.77. The highest BCUT2D eigenvalue weighted by atomic mass is 32.2. The maximum atomic E-state index is 10.2. The van der Waals surface area contributed by atoms with Gasteiger partial charge >= 0.3 is 0 Å². The van der Waals surface area contributed by atoms with Crippen molar-refractivity contribution in [3.8, 4) is 0 Å². The molecule has 0 saturated heterocycles. The average Bonchev–Trinajstić information content (AvgIpc) is 1.64. The predicted octanol–water partition coefficient (Wildman–Crippen LogP) is -0.764. The van der Waals surface area contributed by atoms with E-state index in [9.17, 15) is 8.42 Å². The van der Waals surface area contributed by atoms with Gasteiger partial charge in [-0.2, -0.15) is 0 Å². The van der Waals surface area contributed by atoms with Crippen molar-refractivity contribution in [1.82, 2.24) is 0 Å². The molecule has 0 unspecified atom stereocenters. The predicted molar refractivity (Wildman–Crippen MR) is 29.5 cm³/mol. The number of rotatable bonds is 2. The molecule has 0 aliphatic heterocycles. The molecule has 0 aliphatic carbocycles. The molecule has 0 atom stereocenters.